The number of methoxy groups -OCH3 is 1. The maximum Gasteiger partial charge on any atom is 0.0774 e. The van der Waals surface area contributed by atoms with Gasteiger partial charge in [0.1, 0.15) is 0 Å². The summed E-state index contributed by atoms with van der Waals surface area (Å²) >= 11 is 0. The van der Waals surface area contributed by atoms with Crippen LogP contribution >= 0.6 is 0 Å². The summed E-state index contributed by atoms with van der Waals surface area (Å²) in [5.74, 6) is 0. The molecule has 1 aliphatic rings. The average molecular weight is 248 g/mol. The van der Waals surface area contributed by atoms with Gasteiger partial charge in [-0.1, -0.05) is 12.1 Å². The molecule has 0 saturated carbocycles. The summed E-state index contributed by atoms with van der Waals surface area (Å²) in [5.41, 5.74) is 9.53. The summed E-state index contributed by atoms with van der Waals surface area (Å²) in [6, 6.07) is 6.61. The Labute approximate surface area is 110 Å². The van der Waals surface area contributed by atoms with Crippen LogP contribution in [-0.2, 0) is 17.7 Å². The number of anilines is 1. The van der Waals surface area contributed by atoms with E-state index in [-0.39, 0.29) is 5.60 Å². The number of nitrogens with two attached hydrogens (primary N) is 1. The molecular weight excluding hydrogens is 224 g/mol. The lowest BCUT2D eigenvalue weighted by Gasteiger charge is -2.41. The molecule has 3 nitrogen and oxygen atoms in total. The highest BCUT2D eigenvalue weighted by molar-refractivity contribution is 5.51. The number of rotatable bonds is 3. The molecule has 1 aromatic rings. The summed E-state index contributed by atoms with van der Waals surface area (Å²) in [7, 11) is 1.78. The Bertz CT molecular complexity index is 429. The van der Waals surface area contributed by atoms with Crippen molar-refractivity contribution in [1.82, 2.24) is 4.90 Å². The number of fused-ring (bicyclic) bond motifs is 1. The van der Waals surface area contributed by atoms with Crippen LogP contribution in [0, 0.1) is 0 Å². The smallest absolute Gasteiger partial charge is 0.0774 e. The summed E-state index contributed by atoms with van der Waals surface area (Å²) in [6.45, 7) is 8.55. The topological polar surface area (TPSA) is 38.5 Å². The van der Waals surface area contributed by atoms with Gasteiger partial charge in [-0.3, -0.25) is 4.90 Å². The standard InChI is InChI=1S/C15H24N2O/c1-11(15(2,3)18-4)17-9-8-13-12(10-17)6-5-7-14(13)16/h5-7,11H,8-10,16H2,1-4H3. The second-order valence-electron chi connectivity index (χ2n) is 5.69. The molecule has 3 heteroatoms. The summed E-state index contributed by atoms with van der Waals surface area (Å²) < 4.78 is 5.60. The van der Waals surface area contributed by atoms with E-state index in [2.05, 4.69) is 31.7 Å². The number of benzene rings is 1. The van der Waals surface area contributed by atoms with Crippen LogP contribution < -0.4 is 5.73 Å². The fourth-order valence-corrected chi connectivity index (χ4v) is 2.60. The van der Waals surface area contributed by atoms with E-state index >= 15 is 0 Å². The van der Waals surface area contributed by atoms with E-state index in [4.69, 9.17) is 10.5 Å². The minimum Gasteiger partial charge on any atom is -0.398 e. The van der Waals surface area contributed by atoms with E-state index in [1.54, 1.807) is 7.11 Å². The number of hydrogen-bond acceptors (Lipinski definition) is 3. The Morgan fingerprint density at radius 2 is 2.11 bits per heavy atom. The van der Waals surface area contributed by atoms with Crippen LogP contribution in [0.15, 0.2) is 18.2 Å². The monoisotopic (exact) mass is 248 g/mol. The largest absolute Gasteiger partial charge is 0.398 e. The van der Waals surface area contributed by atoms with Gasteiger partial charge < -0.3 is 10.5 Å². The van der Waals surface area contributed by atoms with Gasteiger partial charge in [-0.15, -0.1) is 0 Å². The van der Waals surface area contributed by atoms with Crippen LogP contribution in [0.25, 0.3) is 0 Å². The molecule has 1 heterocycles. The van der Waals surface area contributed by atoms with Crippen molar-refractivity contribution in [1.29, 1.82) is 0 Å². The Morgan fingerprint density at radius 3 is 2.78 bits per heavy atom. The minimum atomic E-state index is -0.127. The van der Waals surface area contributed by atoms with E-state index in [0.29, 0.717) is 6.04 Å². The summed E-state index contributed by atoms with van der Waals surface area (Å²) in [6.07, 6.45) is 1.03. The molecule has 100 valence electrons. The molecular formula is C15H24N2O. The van der Waals surface area contributed by atoms with E-state index in [1.165, 1.54) is 11.1 Å². The molecule has 0 fully saturated rings. The van der Waals surface area contributed by atoms with Crippen LogP contribution in [-0.4, -0.2) is 30.2 Å². The average Bonchev–Trinajstić information content (AvgIpc) is 2.37. The minimum absolute atomic E-state index is 0.127. The van der Waals surface area contributed by atoms with Crippen molar-refractivity contribution in [3.8, 4) is 0 Å². The zero-order valence-electron chi connectivity index (χ0n) is 11.9. The first-order valence-corrected chi connectivity index (χ1v) is 6.61. The first kappa shape index (κ1) is 13.4. The van der Waals surface area contributed by atoms with Crippen LogP contribution in [0.3, 0.4) is 0 Å². The van der Waals surface area contributed by atoms with E-state index in [9.17, 15) is 0 Å². The zero-order chi connectivity index (χ0) is 13.3. The molecule has 1 unspecified atom stereocenters. The second kappa shape index (κ2) is 4.90. The maximum absolute atomic E-state index is 6.03. The zero-order valence-corrected chi connectivity index (χ0v) is 11.9. The van der Waals surface area contributed by atoms with Crippen molar-refractivity contribution in [2.75, 3.05) is 19.4 Å². The van der Waals surface area contributed by atoms with Crippen LogP contribution in [0.4, 0.5) is 5.69 Å². The number of nitrogen functional groups attached to an aromatic ring is 1. The van der Waals surface area contributed by atoms with Crippen molar-refractivity contribution in [3.05, 3.63) is 29.3 Å². The highest BCUT2D eigenvalue weighted by Crippen LogP contribution is 2.28. The van der Waals surface area contributed by atoms with Gasteiger partial charge in [0.2, 0.25) is 0 Å². The third-order valence-corrected chi connectivity index (χ3v) is 4.41. The molecule has 0 spiro atoms. The van der Waals surface area contributed by atoms with Gasteiger partial charge in [-0.25, -0.2) is 0 Å². The molecule has 0 saturated heterocycles. The molecule has 2 rings (SSSR count). The molecule has 0 amide bonds. The van der Waals surface area contributed by atoms with Crippen molar-refractivity contribution < 1.29 is 4.74 Å². The van der Waals surface area contributed by atoms with Gasteiger partial charge >= 0.3 is 0 Å². The second-order valence-corrected chi connectivity index (χ2v) is 5.69. The van der Waals surface area contributed by atoms with Gasteiger partial charge in [-0.2, -0.15) is 0 Å². The summed E-state index contributed by atoms with van der Waals surface area (Å²) in [4.78, 5) is 2.48. The normalized spacial score (nSPS) is 18.4. The fraction of sp³-hybridized carbons (Fsp3) is 0.600. The maximum atomic E-state index is 6.03. The molecule has 18 heavy (non-hydrogen) atoms. The van der Waals surface area contributed by atoms with Gasteiger partial charge in [0, 0.05) is 31.9 Å². The molecule has 1 aromatic carbocycles. The van der Waals surface area contributed by atoms with E-state index in [1.807, 2.05) is 12.1 Å². The van der Waals surface area contributed by atoms with E-state index in [0.717, 1.165) is 25.2 Å². The lowest BCUT2D eigenvalue weighted by Crippen LogP contribution is -2.50. The van der Waals surface area contributed by atoms with Crippen molar-refractivity contribution in [2.45, 2.75) is 45.4 Å². The van der Waals surface area contributed by atoms with Gasteiger partial charge in [0.15, 0.2) is 0 Å². The van der Waals surface area contributed by atoms with E-state index < -0.39 is 0 Å². The van der Waals surface area contributed by atoms with Crippen molar-refractivity contribution in [3.63, 3.8) is 0 Å². The van der Waals surface area contributed by atoms with Crippen molar-refractivity contribution >= 4 is 5.69 Å². The third-order valence-electron chi connectivity index (χ3n) is 4.41. The molecule has 0 aromatic heterocycles. The Kier molecular flexibility index (Phi) is 3.64. The van der Waals surface area contributed by atoms with Crippen LogP contribution in [0.2, 0.25) is 0 Å². The highest BCUT2D eigenvalue weighted by atomic mass is 16.5. The van der Waals surface area contributed by atoms with Crippen molar-refractivity contribution in [2.24, 2.45) is 0 Å². The van der Waals surface area contributed by atoms with Crippen LogP contribution in [0.5, 0.6) is 0 Å². The number of hydrogen-bond donors (Lipinski definition) is 1. The molecule has 0 aliphatic carbocycles. The Balaban J connectivity index is 2.18. The molecule has 0 bridgehead atoms. The first-order valence-electron chi connectivity index (χ1n) is 6.61. The fourth-order valence-electron chi connectivity index (χ4n) is 2.60. The summed E-state index contributed by atoms with van der Waals surface area (Å²) in [5, 5.41) is 0. The van der Waals surface area contributed by atoms with Crippen LogP contribution in [0.1, 0.15) is 31.9 Å². The molecule has 1 aliphatic heterocycles. The number of ether oxygens (including phenoxy) is 1. The quantitative estimate of drug-likeness (QED) is 0.835. The lowest BCUT2D eigenvalue weighted by molar-refractivity contribution is -0.0504. The third kappa shape index (κ3) is 2.38. The Morgan fingerprint density at radius 1 is 1.39 bits per heavy atom. The predicted molar refractivity (Wildman–Crippen MR) is 75.5 cm³/mol. The molecule has 0 radical (unpaired) electrons. The SMILES string of the molecule is COC(C)(C)C(C)N1CCc2c(N)cccc2C1. The number of nitrogens with zero attached hydrogens (tertiary/aromatic N) is 1. The molecule has 1 atom stereocenters. The Hall–Kier alpha value is -1.06. The highest BCUT2D eigenvalue weighted by Gasteiger charge is 2.32. The van der Waals surface area contributed by atoms with Gasteiger partial charge in [0.05, 0.1) is 5.60 Å². The molecule has 2 N–H and O–H groups in total. The van der Waals surface area contributed by atoms with Gasteiger partial charge in [0.25, 0.3) is 0 Å². The first-order chi connectivity index (χ1) is 8.45. The predicted octanol–water partition coefficient (Wildman–Crippen LogP) is 2.44. The lowest BCUT2D eigenvalue weighted by atomic mass is 9.92. The van der Waals surface area contributed by atoms with Gasteiger partial charge in [-0.05, 0) is 44.4 Å².